The summed E-state index contributed by atoms with van der Waals surface area (Å²) >= 11 is 0. The van der Waals surface area contributed by atoms with Gasteiger partial charge in [0.25, 0.3) is 5.69 Å². The van der Waals surface area contributed by atoms with Gasteiger partial charge in [-0.15, -0.1) is 0 Å². The van der Waals surface area contributed by atoms with Crippen molar-refractivity contribution in [1.82, 2.24) is 4.90 Å². The fraction of sp³-hybridized carbons (Fsp3) is 0.278. The molecule has 2 aromatic carbocycles. The molecule has 0 aliphatic carbocycles. The van der Waals surface area contributed by atoms with E-state index < -0.39 is 4.92 Å². The first-order valence-electron chi connectivity index (χ1n) is 7.79. The number of rotatable bonds is 8. The third-order valence-corrected chi connectivity index (χ3v) is 3.58. The SMILES string of the molecule is CCN(Cc1ccccc1)C(=O)CCOc1ccc([N+](=O)[O-])cc1. The van der Waals surface area contributed by atoms with Crippen LogP contribution in [-0.2, 0) is 11.3 Å². The van der Waals surface area contributed by atoms with E-state index in [1.165, 1.54) is 24.3 Å². The van der Waals surface area contributed by atoms with Crippen molar-refractivity contribution in [3.05, 3.63) is 70.3 Å². The number of nitro groups is 1. The van der Waals surface area contributed by atoms with E-state index in [1.807, 2.05) is 37.3 Å². The molecule has 2 aromatic rings. The lowest BCUT2D eigenvalue weighted by atomic mass is 10.2. The van der Waals surface area contributed by atoms with Gasteiger partial charge >= 0.3 is 0 Å². The second kappa shape index (κ2) is 8.67. The molecule has 0 unspecified atom stereocenters. The molecule has 0 saturated heterocycles. The molecule has 0 N–H and O–H groups in total. The summed E-state index contributed by atoms with van der Waals surface area (Å²) in [4.78, 5) is 24.2. The smallest absolute Gasteiger partial charge is 0.269 e. The highest BCUT2D eigenvalue weighted by Gasteiger charge is 2.12. The van der Waals surface area contributed by atoms with E-state index in [0.29, 0.717) is 18.8 Å². The number of ether oxygens (including phenoxy) is 1. The fourth-order valence-corrected chi connectivity index (χ4v) is 2.26. The fourth-order valence-electron chi connectivity index (χ4n) is 2.26. The van der Waals surface area contributed by atoms with Crippen LogP contribution in [0, 0.1) is 10.1 Å². The minimum absolute atomic E-state index is 0.0124. The van der Waals surface area contributed by atoms with Crippen LogP contribution in [0.4, 0.5) is 5.69 Å². The van der Waals surface area contributed by atoms with Crippen LogP contribution in [0.2, 0.25) is 0 Å². The summed E-state index contributed by atoms with van der Waals surface area (Å²) < 4.78 is 5.49. The van der Waals surface area contributed by atoms with Crippen LogP contribution in [0.15, 0.2) is 54.6 Å². The van der Waals surface area contributed by atoms with Crippen LogP contribution in [0.1, 0.15) is 18.9 Å². The van der Waals surface area contributed by atoms with Crippen molar-refractivity contribution in [2.24, 2.45) is 0 Å². The van der Waals surface area contributed by atoms with Crippen molar-refractivity contribution in [3.8, 4) is 5.75 Å². The number of non-ortho nitro benzene ring substituents is 1. The largest absolute Gasteiger partial charge is 0.493 e. The topological polar surface area (TPSA) is 72.7 Å². The van der Waals surface area contributed by atoms with Crippen molar-refractivity contribution in [1.29, 1.82) is 0 Å². The quantitative estimate of drug-likeness (QED) is 0.550. The van der Waals surface area contributed by atoms with Crippen LogP contribution in [0.25, 0.3) is 0 Å². The molecule has 0 saturated carbocycles. The molecule has 2 rings (SSSR count). The molecule has 0 bridgehead atoms. The maximum atomic E-state index is 12.3. The van der Waals surface area contributed by atoms with E-state index in [0.717, 1.165) is 5.56 Å². The Bertz CT molecular complexity index is 671. The Morgan fingerprint density at radius 3 is 2.38 bits per heavy atom. The third-order valence-electron chi connectivity index (χ3n) is 3.58. The summed E-state index contributed by atoms with van der Waals surface area (Å²) in [5.74, 6) is 0.530. The Labute approximate surface area is 140 Å². The van der Waals surface area contributed by atoms with E-state index in [-0.39, 0.29) is 24.6 Å². The van der Waals surface area contributed by atoms with Gasteiger partial charge in [0.15, 0.2) is 0 Å². The molecule has 0 spiro atoms. The van der Waals surface area contributed by atoms with Gasteiger partial charge < -0.3 is 9.64 Å². The van der Waals surface area contributed by atoms with Gasteiger partial charge in [-0.05, 0) is 24.6 Å². The average molecular weight is 328 g/mol. The van der Waals surface area contributed by atoms with Crippen LogP contribution in [0.5, 0.6) is 5.75 Å². The first kappa shape index (κ1) is 17.5. The maximum Gasteiger partial charge on any atom is 0.269 e. The van der Waals surface area contributed by atoms with Gasteiger partial charge in [-0.25, -0.2) is 0 Å². The monoisotopic (exact) mass is 328 g/mol. The molecule has 0 atom stereocenters. The molecule has 0 radical (unpaired) electrons. The zero-order valence-corrected chi connectivity index (χ0v) is 13.6. The molecule has 6 heteroatoms. The lowest BCUT2D eigenvalue weighted by Crippen LogP contribution is -2.31. The zero-order valence-electron chi connectivity index (χ0n) is 13.6. The number of benzene rings is 2. The summed E-state index contributed by atoms with van der Waals surface area (Å²) in [6, 6.07) is 15.6. The first-order chi connectivity index (χ1) is 11.6. The lowest BCUT2D eigenvalue weighted by molar-refractivity contribution is -0.384. The van der Waals surface area contributed by atoms with Crippen molar-refractivity contribution in [3.63, 3.8) is 0 Å². The van der Waals surface area contributed by atoms with Crippen LogP contribution in [-0.4, -0.2) is 28.9 Å². The normalized spacial score (nSPS) is 10.2. The maximum absolute atomic E-state index is 12.3. The Morgan fingerprint density at radius 2 is 1.79 bits per heavy atom. The Kier molecular flexibility index (Phi) is 6.31. The van der Waals surface area contributed by atoms with E-state index in [2.05, 4.69) is 0 Å². The highest BCUT2D eigenvalue weighted by Crippen LogP contribution is 2.17. The van der Waals surface area contributed by atoms with E-state index in [4.69, 9.17) is 4.74 Å². The molecule has 126 valence electrons. The van der Waals surface area contributed by atoms with Crippen molar-refractivity contribution in [2.75, 3.05) is 13.2 Å². The van der Waals surface area contributed by atoms with Crippen LogP contribution in [0.3, 0.4) is 0 Å². The first-order valence-corrected chi connectivity index (χ1v) is 7.79. The number of hydrogen-bond donors (Lipinski definition) is 0. The molecule has 1 amide bonds. The molecule has 24 heavy (non-hydrogen) atoms. The predicted octanol–water partition coefficient (Wildman–Crippen LogP) is 3.41. The number of nitrogens with zero attached hydrogens (tertiary/aromatic N) is 2. The standard InChI is InChI=1S/C18H20N2O4/c1-2-19(14-15-6-4-3-5-7-15)18(21)12-13-24-17-10-8-16(9-11-17)20(22)23/h3-11H,2,12-14H2,1H3. The molecule has 0 aliphatic heterocycles. The number of carbonyl (C=O) groups excluding carboxylic acids is 1. The van der Waals surface area contributed by atoms with Gasteiger partial charge in [-0.3, -0.25) is 14.9 Å². The van der Waals surface area contributed by atoms with Crippen molar-refractivity contribution >= 4 is 11.6 Å². The Balaban J connectivity index is 1.81. The highest BCUT2D eigenvalue weighted by atomic mass is 16.6. The summed E-state index contributed by atoms with van der Waals surface area (Å²) in [6.07, 6.45) is 0.262. The molecule has 6 nitrogen and oxygen atoms in total. The molecule has 0 aliphatic rings. The van der Waals surface area contributed by atoms with E-state index in [9.17, 15) is 14.9 Å². The second-order valence-corrected chi connectivity index (χ2v) is 5.24. The molecule has 0 fully saturated rings. The summed E-state index contributed by atoms with van der Waals surface area (Å²) in [5, 5.41) is 10.6. The molecule has 0 heterocycles. The molecular formula is C18H20N2O4. The summed E-state index contributed by atoms with van der Waals surface area (Å²) in [5.41, 5.74) is 1.10. The number of amides is 1. The van der Waals surface area contributed by atoms with Crippen LogP contribution < -0.4 is 4.74 Å². The van der Waals surface area contributed by atoms with Crippen LogP contribution >= 0.6 is 0 Å². The van der Waals surface area contributed by atoms with Gasteiger partial charge in [-0.1, -0.05) is 30.3 Å². The predicted molar refractivity (Wildman–Crippen MR) is 90.7 cm³/mol. The van der Waals surface area contributed by atoms with Gasteiger partial charge in [-0.2, -0.15) is 0 Å². The van der Waals surface area contributed by atoms with Gasteiger partial charge in [0.05, 0.1) is 18.0 Å². The van der Waals surface area contributed by atoms with E-state index in [1.54, 1.807) is 4.90 Å². The number of nitro benzene ring substituents is 1. The lowest BCUT2D eigenvalue weighted by Gasteiger charge is -2.21. The Morgan fingerprint density at radius 1 is 1.12 bits per heavy atom. The van der Waals surface area contributed by atoms with Gasteiger partial charge in [0.2, 0.25) is 5.91 Å². The Hall–Kier alpha value is -2.89. The third kappa shape index (κ3) is 5.08. The van der Waals surface area contributed by atoms with E-state index >= 15 is 0 Å². The number of carbonyl (C=O) groups is 1. The van der Waals surface area contributed by atoms with Gasteiger partial charge in [0.1, 0.15) is 5.75 Å². The minimum Gasteiger partial charge on any atom is -0.493 e. The van der Waals surface area contributed by atoms with Crippen molar-refractivity contribution in [2.45, 2.75) is 19.9 Å². The molecular weight excluding hydrogens is 308 g/mol. The highest BCUT2D eigenvalue weighted by molar-refractivity contribution is 5.76. The molecule has 0 aromatic heterocycles. The van der Waals surface area contributed by atoms with Gasteiger partial charge in [0, 0.05) is 25.2 Å². The summed E-state index contributed by atoms with van der Waals surface area (Å²) in [7, 11) is 0. The minimum atomic E-state index is -0.462. The number of hydrogen-bond acceptors (Lipinski definition) is 4. The van der Waals surface area contributed by atoms with Crippen molar-refractivity contribution < 1.29 is 14.5 Å². The summed E-state index contributed by atoms with van der Waals surface area (Å²) in [6.45, 7) is 3.39. The average Bonchev–Trinajstić information content (AvgIpc) is 2.61. The second-order valence-electron chi connectivity index (χ2n) is 5.24. The zero-order chi connectivity index (χ0) is 17.4.